The van der Waals surface area contributed by atoms with Crippen LogP contribution in [0.2, 0.25) is 0 Å². The Morgan fingerprint density at radius 2 is 1.16 bits per heavy atom. The van der Waals surface area contributed by atoms with Gasteiger partial charge in [0.05, 0.1) is 0 Å². The molecule has 0 unspecified atom stereocenters. The van der Waals surface area contributed by atoms with Crippen LogP contribution in [0.5, 0.6) is 0 Å². The molecule has 0 heterocycles. The molecule has 25 heavy (non-hydrogen) atoms. The van der Waals surface area contributed by atoms with Crippen molar-refractivity contribution in [2.75, 3.05) is 13.6 Å². The van der Waals surface area contributed by atoms with Crippen LogP contribution in [0, 0.1) is 21.7 Å². The van der Waals surface area contributed by atoms with E-state index < -0.39 is 0 Å². The Labute approximate surface area is 160 Å². The smallest absolute Gasteiger partial charge is 0.0176 e. The first-order chi connectivity index (χ1) is 10.9. The molecule has 0 fully saturated rings. The van der Waals surface area contributed by atoms with E-state index in [4.69, 9.17) is 0 Å². The van der Waals surface area contributed by atoms with E-state index in [0.717, 1.165) is 13.0 Å². The lowest BCUT2D eigenvalue weighted by molar-refractivity contribution is 0.158. The van der Waals surface area contributed by atoms with Gasteiger partial charge in [-0.25, -0.2) is 0 Å². The van der Waals surface area contributed by atoms with E-state index in [1.807, 2.05) is 0 Å². The summed E-state index contributed by atoms with van der Waals surface area (Å²) in [6.45, 7) is 29.2. The highest BCUT2D eigenvalue weighted by Crippen LogP contribution is 2.40. The average Bonchev–Trinajstić information content (AvgIpc) is 2.37. The molecule has 0 rings (SSSR count). The van der Waals surface area contributed by atoms with Gasteiger partial charge in [-0.3, -0.25) is 0 Å². The van der Waals surface area contributed by atoms with Gasteiger partial charge in [0.15, 0.2) is 0 Å². The highest BCUT2D eigenvalue weighted by Gasteiger charge is 2.28. The molecule has 0 aliphatic carbocycles. The Bertz CT molecular complexity index is 401. The third kappa shape index (κ3) is 13.4. The minimum Gasteiger partial charge on any atom is -0.378 e. The number of allylic oxidation sites excluding steroid dienone is 1. The number of nitrogens with zero attached hydrogens (tertiary/aromatic N) is 1. The van der Waals surface area contributed by atoms with E-state index in [1.54, 1.807) is 0 Å². The largest absolute Gasteiger partial charge is 0.378 e. The third-order valence-corrected chi connectivity index (χ3v) is 5.31. The van der Waals surface area contributed by atoms with Crippen molar-refractivity contribution in [2.24, 2.45) is 21.7 Å². The highest BCUT2D eigenvalue weighted by atomic mass is 15.1. The fourth-order valence-electron chi connectivity index (χ4n) is 3.66. The van der Waals surface area contributed by atoms with E-state index in [-0.39, 0.29) is 0 Å². The second kappa shape index (κ2) is 8.96. The zero-order chi connectivity index (χ0) is 20.1. The van der Waals surface area contributed by atoms with Crippen molar-refractivity contribution in [3.8, 4) is 0 Å². The molecule has 0 bridgehead atoms. The van der Waals surface area contributed by atoms with Gasteiger partial charge in [-0.2, -0.15) is 0 Å². The van der Waals surface area contributed by atoms with Crippen molar-refractivity contribution >= 4 is 0 Å². The molecule has 0 aromatic rings. The van der Waals surface area contributed by atoms with E-state index in [1.165, 1.54) is 37.8 Å². The molecular formula is C24H49N. The first kappa shape index (κ1) is 24.5. The molecule has 0 amide bonds. The topological polar surface area (TPSA) is 3.24 Å². The second-order valence-corrected chi connectivity index (χ2v) is 12.4. The summed E-state index contributed by atoms with van der Waals surface area (Å²) in [6, 6.07) is 0. The van der Waals surface area contributed by atoms with Crippen LogP contribution in [-0.4, -0.2) is 18.5 Å². The lowest BCUT2D eigenvalue weighted by Crippen LogP contribution is -2.27. The van der Waals surface area contributed by atoms with Crippen LogP contribution in [0.3, 0.4) is 0 Å². The maximum atomic E-state index is 4.31. The van der Waals surface area contributed by atoms with Gasteiger partial charge in [-0.15, -0.1) is 0 Å². The summed E-state index contributed by atoms with van der Waals surface area (Å²) >= 11 is 0. The molecule has 0 N–H and O–H groups in total. The van der Waals surface area contributed by atoms with E-state index in [2.05, 4.69) is 87.8 Å². The minimum atomic E-state index is 0.391. The average molecular weight is 352 g/mol. The molecule has 1 heteroatoms. The molecule has 0 aromatic carbocycles. The monoisotopic (exact) mass is 351 g/mol. The second-order valence-electron chi connectivity index (χ2n) is 12.4. The van der Waals surface area contributed by atoms with Gasteiger partial charge >= 0.3 is 0 Å². The zero-order valence-electron chi connectivity index (χ0n) is 19.6. The standard InChI is InChI=1S/C24H49N/c1-20(13-14-21(2,3)4)25(12)18-17-23(8,9)15-16-24(10,11)19-22(5,6)7/h1,13-19H2,2-12H3. The normalized spacial score (nSPS) is 13.9. The SMILES string of the molecule is C=C(CCC(C)(C)C)N(C)CCC(C)(C)CCC(C)(C)CC(C)(C)C. The van der Waals surface area contributed by atoms with Crippen LogP contribution in [0.15, 0.2) is 12.3 Å². The van der Waals surface area contributed by atoms with Crippen molar-refractivity contribution < 1.29 is 0 Å². The molecule has 0 aliphatic heterocycles. The van der Waals surface area contributed by atoms with Crippen LogP contribution < -0.4 is 0 Å². The van der Waals surface area contributed by atoms with Crippen LogP contribution >= 0.6 is 0 Å². The number of rotatable bonds is 10. The predicted molar refractivity (Wildman–Crippen MR) is 116 cm³/mol. The summed E-state index contributed by atoms with van der Waals surface area (Å²) in [7, 11) is 2.21. The third-order valence-electron chi connectivity index (χ3n) is 5.31. The van der Waals surface area contributed by atoms with Crippen LogP contribution in [-0.2, 0) is 0 Å². The molecule has 0 aliphatic rings. The van der Waals surface area contributed by atoms with Gasteiger partial charge in [0, 0.05) is 19.3 Å². The Hall–Kier alpha value is -0.460. The summed E-state index contributed by atoms with van der Waals surface area (Å²) in [6.07, 6.45) is 7.47. The Balaban J connectivity index is 4.37. The van der Waals surface area contributed by atoms with Gasteiger partial charge in [-0.05, 0) is 60.2 Å². The zero-order valence-corrected chi connectivity index (χ0v) is 19.6. The first-order valence-corrected chi connectivity index (χ1v) is 10.3. The van der Waals surface area contributed by atoms with Crippen molar-refractivity contribution in [1.29, 1.82) is 0 Å². The van der Waals surface area contributed by atoms with E-state index >= 15 is 0 Å². The highest BCUT2D eigenvalue weighted by molar-refractivity contribution is 4.94. The molecule has 1 nitrogen and oxygen atoms in total. The molecule has 0 aromatic heterocycles. The molecule has 0 atom stereocenters. The Kier molecular flexibility index (Phi) is 8.79. The van der Waals surface area contributed by atoms with Crippen molar-refractivity contribution in [3.05, 3.63) is 12.3 Å². The van der Waals surface area contributed by atoms with Crippen LogP contribution in [0.4, 0.5) is 0 Å². The van der Waals surface area contributed by atoms with Gasteiger partial charge in [0.2, 0.25) is 0 Å². The minimum absolute atomic E-state index is 0.391. The Morgan fingerprint density at radius 1 is 0.680 bits per heavy atom. The van der Waals surface area contributed by atoms with Crippen molar-refractivity contribution in [3.63, 3.8) is 0 Å². The Morgan fingerprint density at radius 3 is 1.60 bits per heavy atom. The predicted octanol–water partition coefficient (Wildman–Crippen LogP) is 7.92. The fourth-order valence-corrected chi connectivity index (χ4v) is 3.66. The van der Waals surface area contributed by atoms with Gasteiger partial charge in [-0.1, -0.05) is 75.8 Å². The summed E-state index contributed by atoms with van der Waals surface area (Å²) in [4.78, 5) is 2.38. The summed E-state index contributed by atoms with van der Waals surface area (Å²) < 4.78 is 0. The first-order valence-electron chi connectivity index (χ1n) is 10.3. The quantitative estimate of drug-likeness (QED) is 0.386. The number of hydrogen-bond acceptors (Lipinski definition) is 1. The number of hydrogen-bond donors (Lipinski definition) is 0. The van der Waals surface area contributed by atoms with E-state index in [0.29, 0.717) is 21.7 Å². The van der Waals surface area contributed by atoms with Crippen LogP contribution in [0.1, 0.15) is 108 Å². The molecule has 0 radical (unpaired) electrons. The molecule has 0 saturated heterocycles. The maximum absolute atomic E-state index is 4.31. The summed E-state index contributed by atoms with van der Waals surface area (Å²) in [5.41, 5.74) is 2.92. The molecule has 150 valence electrons. The van der Waals surface area contributed by atoms with Gasteiger partial charge in [0.1, 0.15) is 0 Å². The lowest BCUT2D eigenvalue weighted by Gasteiger charge is -2.36. The summed E-state index contributed by atoms with van der Waals surface area (Å²) in [5.74, 6) is 0. The maximum Gasteiger partial charge on any atom is 0.0176 e. The fraction of sp³-hybridized carbons (Fsp3) is 0.917. The molecule has 0 spiro atoms. The van der Waals surface area contributed by atoms with Crippen molar-refractivity contribution in [1.82, 2.24) is 4.90 Å². The van der Waals surface area contributed by atoms with Crippen LogP contribution in [0.25, 0.3) is 0 Å². The lowest BCUT2D eigenvalue weighted by atomic mass is 9.70. The summed E-state index contributed by atoms with van der Waals surface area (Å²) in [5, 5.41) is 0. The molecule has 0 saturated carbocycles. The van der Waals surface area contributed by atoms with Crippen molar-refractivity contribution in [2.45, 2.75) is 108 Å². The van der Waals surface area contributed by atoms with E-state index in [9.17, 15) is 0 Å². The van der Waals surface area contributed by atoms with Gasteiger partial charge < -0.3 is 4.90 Å². The van der Waals surface area contributed by atoms with Gasteiger partial charge in [0.25, 0.3) is 0 Å². The molecular weight excluding hydrogens is 302 g/mol.